The second-order valence-corrected chi connectivity index (χ2v) is 21.6. The maximum absolute atomic E-state index is 14.2. The van der Waals surface area contributed by atoms with Crippen LogP contribution in [0.4, 0.5) is 11.4 Å². The Balaban J connectivity index is 0.645. The maximum Gasteiger partial charge on any atom is 0.303 e. The van der Waals surface area contributed by atoms with Gasteiger partial charge < -0.3 is 63.1 Å². The van der Waals surface area contributed by atoms with Gasteiger partial charge in [-0.15, -0.1) is 5.10 Å². The third kappa shape index (κ3) is 13.4. The smallest absolute Gasteiger partial charge is 0.303 e. The molecule has 440 valence electrons. The number of esters is 4. The number of anilines is 2. The number of rotatable bonds is 24. The van der Waals surface area contributed by atoms with Crippen LogP contribution in [0.15, 0.2) is 42.6 Å². The lowest BCUT2D eigenvalue weighted by molar-refractivity contribution is -0.270. The SMILES string of the molecule is CC(=O)OCC1OC(n2cc(CCCOCCOCCOCCC(=O)NCCNC(=O)c3ccccc3C3c4cc5c6c(c4Oc4c3cc3c7c4CCCN7CCC3)CCCN6CCC5)nn2)C(OC(C)=O)C(OC(C)=O)C1OC(C)=O. The number of carbonyl (C=O) groups is 6. The van der Waals surface area contributed by atoms with E-state index in [1.165, 1.54) is 52.2 Å². The highest BCUT2D eigenvalue weighted by molar-refractivity contribution is 5.96. The van der Waals surface area contributed by atoms with Crippen molar-refractivity contribution in [3.63, 3.8) is 0 Å². The highest BCUT2D eigenvalue weighted by Crippen LogP contribution is 2.57. The molecular formula is C60H75N7O15. The largest absolute Gasteiger partial charge is 0.463 e. The summed E-state index contributed by atoms with van der Waals surface area (Å²) in [6.07, 6.45) is 4.99. The minimum absolute atomic E-state index is 0.158. The molecule has 6 aliphatic rings. The number of nitrogens with one attached hydrogen (secondary N) is 2. The standard InChI is InChI=1S/C60H75N7O15/c1-36(68)77-35-49-56(78-37(2)69)57(79-38(3)70)58(80-39(4)71)60(81-49)67-34-42(63-64-67)14-11-26-74-28-30-76-31-29-75-27-19-50(72)61-20-21-62-59(73)44-16-6-5-15-43(44)51-47-32-40-12-7-22-65-24-9-17-45(52(40)65)54(47)82-55-46-18-10-25-66-23-8-13-41(53(46)66)33-48(51)55/h5-6,15-16,32-34,49,51,56-58,60H,7-14,17-31,35H2,1-4H3,(H,61,72)(H,62,73). The van der Waals surface area contributed by atoms with E-state index in [4.69, 9.17) is 42.6 Å². The van der Waals surface area contributed by atoms with Crippen LogP contribution in [0, 0.1) is 0 Å². The molecule has 6 aliphatic heterocycles. The summed E-state index contributed by atoms with van der Waals surface area (Å²) in [6.45, 7) is 11.0. The van der Waals surface area contributed by atoms with Gasteiger partial charge in [0.2, 0.25) is 5.91 Å². The molecule has 2 amide bonds. The van der Waals surface area contributed by atoms with Gasteiger partial charge in [0.05, 0.1) is 44.9 Å². The minimum atomic E-state index is -1.34. The normalized spacial score (nSPS) is 20.5. The molecule has 0 bridgehead atoms. The molecule has 22 heteroatoms. The van der Waals surface area contributed by atoms with E-state index < -0.39 is 54.5 Å². The first kappa shape index (κ1) is 58.1. The molecule has 22 nitrogen and oxygen atoms in total. The average molecular weight is 1130 g/mol. The van der Waals surface area contributed by atoms with Crippen molar-refractivity contribution in [1.82, 2.24) is 25.6 Å². The summed E-state index contributed by atoms with van der Waals surface area (Å²) in [5.41, 5.74) is 12.6. The highest BCUT2D eigenvalue weighted by Gasteiger charge is 2.53. The Labute approximate surface area is 477 Å². The zero-order valence-electron chi connectivity index (χ0n) is 47.3. The number of nitrogens with zero attached hydrogens (tertiary/aromatic N) is 5. The number of amides is 2. The van der Waals surface area contributed by atoms with Gasteiger partial charge in [-0.25, -0.2) is 4.68 Å². The van der Waals surface area contributed by atoms with Crippen LogP contribution in [0.2, 0.25) is 0 Å². The molecule has 5 unspecified atom stereocenters. The summed E-state index contributed by atoms with van der Waals surface area (Å²) in [5.74, 6) is -1.37. The van der Waals surface area contributed by atoms with Gasteiger partial charge in [0.25, 0.3) is 5.91 Å². The summed E-state index contributed by atoms with van der Waals surface area (Å²) in [5, 5.41) is 14.4. The molecule has 82 heavy (non-hydrogen) atoms. The molecule has 1 fully saturated rings. The van der Waals surface area contributed by atoms with E-state index in [9.17, 15) is 28.8 Å². The Morgan fingerprint density at radius 2 is 1.20 bits per heavy atom. The predicted molar refractivity (Wildman–Crippen MR) is 296 cm³/mol. The molecule has 0 aliphatic carbocycles. The lowest BCUT2D eigenvalue weighted by Gasteiger charge is -2.44. The summed E-state index contributed by atoms with van der Waals surface area (Å²) in [4.78, 5) is 80.3. The lowest BCUT2D eigenvalue weighted by atomic mass is 9.75. The monoisotopic (exact) mass is 1130 g/mol. The van der Waals surface area contributed by atoms with Gasteiger partial charge >= 0.3 is 23.9 Å². The molecule has 0 saturated carbocycles. The van der Waals surface area contributed by atoms with Crippen molar-refractivity contribution in [2.24, 2.45) is 0 Å². The fraction of sp³-hybridized carbons (Fsp3) is 0.567. The molecule has 0 radical (unpaired) electrons. The summed E-state index contributed by atoms with van der Waals surface area (Å²) < 4.78 is 53.4. The number of benzene rings is 3. The molecule has 1 aromatic heterocycles. The van der Waals surface area contributed by atoms with Gasteiger partial charge in [0.1, 0.15) is 24.2 Å². The van der Waals surface area contributed by atoms with E-state index in [1.807, 2.05) is 18.2 Å². The Morgan fingerprint density at radius 3 is 1.82 bits per heavy atom. The van der Waals surface area contributed by atoms with Crippen LogP contribution in [-0.2, 0) is 94.0 Å². The van der Waals surface area contributed by atoms with Crippen LogP contribution in [0.1, 0.15) is 133 Å². The number of ether oxygens (including phenoxy) is 9. The van der Waals surface area contributed by atoms with Gasteiger partial charge in [0, 0.05) is 125 Å². The minimum Gasteiger partial charge on any atom is -0.463 e. The fourth-order valence-electron chi connectivity index (χ4n) is 12.5. The Hall–Kier alpha value is -7.14. The fourth-order valence-corrected chi connectivity index (χ4v) is 12.5. The van der Waals surface area contributed by atoms with Crippen LogP contribution < -0.4 is 25.2 Å². The van der Waals surface area contributed by atoms with Crippen LogP contribution in [0.3, 0.4) is 0 Å². The number of aryl methyl sites for hydroxylation is 3. The van der Waals surface area contributed by atoms with Crippen molar-refractivity contribution < 1.29 is 71.4 Å². The highest BCUT2D eigenvalue weighted by atomic mass is 16.7. The number of fused-ring (bicyclic) bond motifs is 4. The molecule has 5 atom stereocenters. The first-order valence-electron chi connectivity index (χ1n) is 29.0. The molecule has 1 saturated heterocycles. The van der Waals surface area contributed by atoms with Gasteiger partial charge in [0.15, 0.2) is 24.5 Å². The summed E-state index contributed by atoms with van der Waals surface area (Å²) in [7, 11) is 0. The predicted octanol–water partition coefficient (Wildman–Crippen LogP) is 5.14. The number of carbonyl (C=O) groups excluding carboxylic acids is 6. The molecule has 10 rings (SSSR count). The van der Waals surface area contributed by atoms with Gasteiger partial charge in [-0.05, 0) is 99.1 Å². The molecule has 4 aromatic rings. The van der Waals surface area contributed by atoms with Crippen molar-refractivity contribution in [1.29, 1.82) is 0 Å². The van der Waals surface area contributed by atoms with Crippen molar-refractivity contribution in [3.05, 3.63) is 92.8 Å². The summed E-state index contributed by atoms with van der Waals surface area (Å²) >= 11 is 0. The molecule has 2 N–H and O–H groups in total. The Kier molecular flexibility index (Phi) is 19.0. The van der Waals surface area contributed by atoms with Crippen LogP contribution in [-0.4, -0.2) is 161 Å². The second-order valence-electron chi connectivity index (χ2n) is 21.6. The molecular weight excluding hydrogens is 1060 g/mol. The number of aromatic nitrogens is 3. The van der Waals surface area contributed by atoms with Crippen LogP contribution >= 0.6 is 0 Å². The Morgan fingerprint density at radius 1 is 0.634 bits per heavy atom. The maximum atomic E-state index is 14.2. The summed E-state index contributed by atoms with van der Waals surface area (Å²) in [6, 6.07) is 12.8. The van der Waals surface area contributed by atoms with E-state index in [1.54, 1.807) is 6.20 Å². The van der Waals surface area contributed by atoms with Crippen molar-refractivity contribution in [2.45, 2.75) is 135 Å². The van der Waals surface area contributed by atoms with Gasteiger partial charge in [-0.2, -0.15) is 0 Å². The quantitative estimate of drug-likeness (QED) is 0.0462. The van der Waals surface area contributed by atoms with Crippen molar-refractivity contribution in [3.8, 4) is 11.5 Å². The van der Waals surface area contributed by atoms with Crippen molar-refractivity contribution >= 4 is 47.1 Å². The first-order chi connectivity index (χ1) is 39.8. The van der Waals surface area contributed by atoms with Crippen LogP contribution in [0.5, 0.6) is 11.5 Å². The number of hydrogen-bond donors (Lipinski definition) is 2. The van der Waals surface area contributed by atoms with Crippen molar-refractivity contribution in [2.75, 3.05) is 95.3 Å². The second kappa shape index (κ2) is 26.8. The first-order valence-corrected chi connectivity index (χ1v) is 29.0. The molecule has 3 aromatic carbocycles. The average Bonchev–Trinajstić information content (AvgIpc) is 3.32. The number of hydrogen-bond acceptors (Lipinski definition) is 19. The zero-order chi connectivity index (χ0) is 57.3. The van der Waals surface area contributed by atoms with E-state index in [-0.39, 0.29) is 50.5 Å². The van der Waals surface area contributed by atoms with E-state index >= 15 is 0 Å². The van der Waals surface area contributed by atoms with E-state index in [2.05, 4.69) is 48.9 Å². The Bertz CT molecular complexity index is 2920. The van der Waals surface area contributed by atoms with Gasteiger partial charge in [-0.1, -0.05) is 23.4 Å². The van der Waals surface area contributed by atoms with E-state index in [0.29, 0.717) is 57.1 Å². The van der Waals surface area contributed by atoms with Crippen LogP contribution in [0.25, 0.3) is 0 Å². The topological polar surface area (TPSA) is 247 Å². The molecule has 7 heterocycles. The molecule has 0 spiro atoms. The zero-order valence-corrected chi connectivity index (χ0v) is 47.3. The van der Waals surface area contributed by atoms with E-state index in [0.717, 1.165) is 120 Å². The van der Waals surface area contributed by atoms with Gasteiger partial charge in [-0.3, -0.25) is 28.8 Å². The lowest BCUT2D eigenvalue weighted by Crippen LogP contribution is -2.60. The third-order valence-electron chi connectivity index (χ3n) is 15.8. The third-order valence-corrected chi connectivity index (χ3v) is 15.8.